The molecule has 0 aromatic heterocycles. The Bertz CT molecular complexity index is 236. The van der Waals surface area contributed by atoms with Crippen molar-refractivity contribution in [3.05, 3.63) is 35.6 Å². The van der Waals surface area contributed by atoms with Gasteiger partial charge in [0.05, 0.1) is 0 Å². The number of hydrogen-bond acceptors (Lipinski definition) is 3. The van der Waals surface area contributed by atoms with Gasteiger partial charge in [0.25, 0.3) is 0 Å². The lowest BCUT2D eigenvalue weighted by molar-refractivity contribution is -0.0309. The fourth-order valence-corrected chi connectivity index (χ4v) is 0.720. The third kappa shape index (κ3) is 6.54. The van der Waals surface area contributed by atoms with E-state index < -0.39 is 6.29 Å². The molecule has 0 radical (unpaired) electrons. The van der Waals surface area contributed by atoms with E-state index in [1.165, 1.54) is 17.7 Å². The van der Waals surface area contributed by atoms with Gasteiger partial charge in [0.15, 0.2) is 6.29 Å². The number of nitrogens with two attached hydrogens (primary N) is 1. The second kappa shape index (κ2) is 7.44. The van der Waals surface area contributed by atoms with Crippen LogP contribution in [0.15, 0.2) is 24.3 Å². The Morgan fingerprint density at radius 2 is 1.71 bits per heavy atom. The van der Waals surface area contributed by atoms with Gasteiger partial charge in [-0.3, -0.25) is 0 Å². The summed E-state index contributed by atoms with van der Waals surface area (Å²) in [4.78, 5) is 0. The molecule has 1 aromatic carbocycles. The zero-order chi connectivity index (χ0) is 11.0. The molecular weight excluding hydrogens is 185 g/mol. The summed E-state index contributed by atoms with van der Waals surface area (Å²) in [5, 5.41) is 15.6. The highest BCUT2D eigenvalue weighted by Crippen LogP contribution is 2.01. The van der Waals surface area contributed by atoms with Gasteiger partial charge < -0.3 is 15.9 Å². The van der Waals surface area contributed by atoms with Crippen LogP contribution in [0.25, 0.3) is 0 Å². The SMILES string of the molecule is CCc1ccc(F)cc1.NCC(O)O. The average Bonchev–Trinajstić information content (AvgIpc) is 2.20. The zero-order valence-electron chi connectivity index (χ0n) is 8.15. The summed E-state index contributed by atoms with van der Waals surface area (Å²) in [6.07, 6.45) is -0.365. The Morgan fingerprint density at radius 1 is 1.29 bits per heavy atom. The van der Waals surface area contributed by atoms with Crippen LogP contribution in [0.4, 0.5) is 4.39 Å². The average molecular weight is 201 g/mol. The summed E-state index contributed by atoms with van der Waals surface area (Å²) < 4.78 is 12.2. The molecule has 0 fully saturated rings. The lowest BCUT2D eigenvalue weighted by Crippen LogP contribution is -2.17. The van der Waals surface area contributed by atoms with E-state index in [2.05, 4.69) is 5.73 Å². The van der Waals surface area contributed by atoms with Gasteiger partial charge >= 0.3 is 0 Å². The van der Waals surface area contributed by atoms with Crippen LogP contribution in [0.1, 0.15) is 12.5 Å². The van der Waals surface area contributed by atoms with Crippen LogP contribution in [-0.2, 0) is 6.42 Å². The van der Waals surface area contributed by atoms with Crippen molar-refractivity contribution in [2.45, 2.75) is 19.6 Å². The Balaban J connectivity index is 0.000000292. The summed E-state index contributed by atoms with van der Waals surface area (Å²) >= 11 is 0. The highest BCUT2D eigenvalue weighted by atomic mass is 19.1. The topological polar surface area (TPSA) is 66.5 Å². The summed E-state index contributed by atoms with van der Waals surface area (Å²) in [5.41, 5.74) is 5.85. The number of benzene rings is 1. The summed E-state index contributed by atoms with van der Waals surface area (Å²) in [5.74, 6) is -0.160. The molecule has 0 saturated carbocycles. The van der Waals surface area contributed by atoms with Crippen molar-refractivity contribution < 1.29 is 14.6 Å². The van der Waals surface area contributed by atoms with E-state index in [1.54, 1.807) is 12.1 Å². The number of hydrogen-bond donors (Lipinski definition) is 3. The number of aryl methyl sites for hydroxylation is 1. The van der Waals surface area contributed by atoms with Crippen molar-refractivity contribution in [2.75, 3.05) is 6.54 Å². The molecule has 1 aromatic rings. The van der Waals surface area contributed by atoms with E-state index in [0.29, 0.717) is 0 Å². The standard InChI is InChI=1S/C8H9F.C2H7NO2/c1-2-7-3-5-8(9)6-4-7;3-1-2(4)5/h3-6H,2H2,1H3;2,4-5H,1,3H2. The predicted octanol–water partition coefficient (Wildman–Crippen LogP) is 0.644. The lowest BCUT2D eigenvalue weighted by atomic mass is 10.2. The predicted molar refractivity (Wildman–Crippen MR) is 53.1 cm³/mol. The molecule has 4 N–H and O–H groups in total. The second-order valence-corrected chi connectivity index (χ2v) is 2.70. The Morgan fingerprint density at radius 3 is 2.00 bits per heavy atom. The van der Waals surface area contributed by atoms with Crippen LogP contribution < -0.4 is 5.73 Å². The highest BCUT2D eigenvalue weighted by molar-refractivity contribution is 5.15. The summed E-state index contributed by atoms with van der Waals surface area (Å²) in [7, 11) is 0. The van der Waals surface area contributed by atoms with Gasteiger partial charge in [-0.15, -0.1) is 0 Å². The quantitative estimate of drug-likeness (QED) is 0.615. The third-order valence-electron chi connectivity index (χ3n) is 1.53. The minimum Gasteiger partial charge on any atom is -0.367 e. The maximum absolute atomic E-state index is 12.2. The molecule has 0 aliphatic rings. The van der Waals surface area contributed by atoms with E-state index in [4.69, 9.17) is 10.2 Å². The minimum atomic E-state index is -1.34. The van der Waals surface area contributed by atoms with Crippen molar-refractivity contribution in [2.24, 2.45) is 5.73 Å². The van der Waals surface area contributed by atoms with Crippen molar-refractivity contribution in [3.8, 4) is 0 Å². The maximum atomic E-state index is 12.2. The molecular formula is C10H16FNO2. The van der Waals surface area contributed by atoms with Gasteiger partial charge in [-0.05, 0) is 24.1 Å². The van der Waals surface area contributed by atoms with Gasteiger partial charge in [-0.2, -0.15) is 0 Å². The van der Waals surface area contributed by atoms with Crippen molar-refractivity contribution in [1.29, 1.82) is 0 Å². The highest BCUT2D eigenvalue weighted by Gasteiger charge is 1.87. The van der Waals surface area contributed by atoms with Crippen LogP contribution in [0.5, 0.6) is 0 Å². The molecule has 0 unspecified atom stereocenters. The first-order valence-corrected chi connectivity index (χ1v) is 4.40. The Kier molecular flexibility index (Phi) is 6.92. The minimum absolute atomic E-state index is 0.0833. The molecule has 3 nitrogen and oxygen atoms in total. The molecule has 0 heterocycles. The smallest absolute Gasteiger partial charge is 0.163 e. The van der Waals surface area contributed by atoms with Crippen molar-refractivity contribution >= 4 is 0 Å². The summed E-state index contributed by atoms with van der Waals surface area (Å²) in [6, 6.07) is 6.57. The molecule has 0 spiro atoms. The van der Waals surface area contributed by atoms with E-state index in [9.17, 15) is 4.39 Å². The van der Waals surface area contributed by atoms with Gasteiger partial charge in [0, 0.05) is 6.54 Å². The number of halogens is 1. The molecule has 0 saturated heterocycles. The first kappa shape index (κ1) is 13.0. The largest absolute Gasteiger partial charge is 0.367 e. The molecule has 4 heteroatoms. The number of aliphatic hydroxyl groups excluding tert-OH is 1. The fourth-order valence-electron chi connectivity index (χ4n) is 0.720. The molecule has 0 bridgehead atoms. The van der Waals surface area contributed by atoms with E-state index in [0.717, 1.165) is 6.42 Å². The first-order chi connectivity index (χ1) is 6.60. The van der Waals surface area contributed by atoms with Gasteiger partial charge in [0.2, 0.25) is 0 Å². The molecule has 0 amide bonds. The van der Waals surface area contributed by atoms with Gasteiger partial charge in [0.1, 0.15) is 5.82 Å². The van der Waals surface area contributed by atoms with Gasteiger partial charge in [-0.1, -0.05) is 19.1 Å². The molecule has 14 heavy (non-hydrogen) atoms. The third-order valence-corrected chi connectivity index (χ3v) is 1.53. The van der Waals surface area contributed by atoms with Gasteiger partial charge in [-0.25, -0.2) is 4.39 Å². The molecule has 80 valence electrons. The van der Waals surface area contributed by atoms with Crippen LogP contribution in [0, 0.1) is 5.82 Å². The number of rotatable bonds is 2. The lowest BCUT2D eigenvalue weighted by Gasteiger charge is -1.92. The Hall–Kier alpha value is -0.970. The fraction of sp³-hybridized carbons (Fsp3) is 0.400. The van der Waals surface area contributed by atoms with Crippen LogP contribution >= 0.6 is 0 Å². The molecule has 0 aliphatic carbocycles. The molecule has 0 aliphatic heterocycles. The monoisotopic (exact) mass is 201 g/mol. The van der Waals surface area contributed by atoms with Crippen LogP contribution in [-0.4, -0.2) is 23.0 Å². The van der Waals surface area contributed by atoms with E-state index in [1.807, 2.05) is 6.92 Å². The van der Waals surface area contributed by atoms with E-state index >= 15 is 0 Å². The maximum Gasteiger partial charge on any atom is 0.163 e. The van der Waals surface area contributed by atoms with Crippen molar-refractivity contribution in [3.63, 3.8) is 0 Å². The van der Waals surface area contributed by atoms with Crippen LogP contribution in [0.3, 0.4) is 0 Å². The second-order valence-electron chi connectivity index (χ2n) is 2.70. The molecule has 1 rings (SSSR count). The first-order valence-electron chi connectivity index (χ1n) is 4.40. The van der Waals surface area contributed by atoms with Crippen LogP contribution in [0.2, 0.25) is 0 Å². The number of aliphatic hydroxyl groups is 2. The van der Waals surface area contributed by atoms with Crippen molar-refractivity contribution in [1.82, 2.24) is 0 Å². The summed E-state index contributed by atoms with van der Waals surface area (Å²) in [6.45, 7) is 1.97. The zero-order valence-corrected chi connectivity index (χ0v) is 8.15. The van der Waals surface area contributed by atoms with E-state index in [-0.39, 0.29) is 12.4 Å². The normalized spacial score (nSPS) is 9.57. The molecule has 0 atom stereocenters. The Labute approximate surface area is 83.0 Å².